The second-order valence-corrected chi connectivity index (χ2v) is 11.3. The minimum atomic E-state index is -4.29. The van der Waals surface area contributed by atoms with E-state index in [1.165, 1.54) is 37.1 Å². The quantitative estimate of drug-likeness (QED) is 0.222. The molecule has 0 radical (unpaired) electrons. The first kappa shape index (κ1) is 29.6. The maximum absolute atomic E-state index is 15.9. The van der Waals surface area contributed by atoms with Crippen LogP contribution in [0.4, 0.5) is 10.3 Å². The molecule has 16 heteroatoms. The van der Waals surface area contributed by atoms with Crippen molar-refractivity contribution in [2.75, 3.05) is 19.5 Å². The average molecular weight is 583 g/mol. The lowest BCUT2D eigenvalue weighted by molar-refractivity contribution is -0.149. The Morgan fingerprint density at radius 3 is 2.65 bits per heavy atom. The molecule has 4 rings (SSSR count). The topological polar surface area (TPSA) is 182 Å². The van der Waals surface area contributed by atoms with Gasteiger partial charge in [0.15, 0.2) is 23.1 Å². The number of hydrogen-bond acceptors (Lipinski definition) is 12. The van der Waals surface area contributed by atoms with Crippen LogP contribution in [0.1, 0.15) is 33.9 Å². The van der Waals surface area contributed by atoms with E-state index >= 15 is 4.39 Å². The number of nitrogens with one attached hydrogen (secondary N) is 1. The van der Waals surface area contributed by atoms with E-state index in [1.54, 1.807) is 32.0 Å². The van der Waals surface area contributed by atoms with Gasteiger partial charge < -0.3 is 29.6 Å². The van der Waals surface area contributed by atoms with Crippen molar-refractivity contribution in [3.63, 3.8) is 0 Å². The van der Waals surface area contributed by atoms with Gasteiger partial charge in [-0.2, -0.15) is 15.1 Å². The third-order valence-electron chi connectivity index (χ3n) is 6.00. The molecule has 2 aromatic heterocycles. The van der Waals surface area contributed by atoms with Crippen LogP contribution < -0.4 is 20.1 Å². The number of nitrogens with zero attached hydrogens (tertiary/aromatic N) is 4. The lowest BCUT2D eigenvalue weighted by atomic mass is 9.98. The lowest BCUT2D eigenvalue weighted by Crippen LogP contribution is -2.41. The molecule has 0 spiro atoms. The Morgan fingerprint density at radius 1 is 1.30 bits per heavy atom. The van der Waals surface area contributed by atoms with Crippen LogP contribution in [0, 0.1) is 0 Å². The Hall–Kier alpha value is -3.36. The smallest absolute Gasteiger partial charge is 0.459 e. The van der Waals surface area contributed by atoms with Crippen molar-refractivity contribution in [2.24, 2.45) is 0 Å². The van der Waals surface area contributed by atoms with E-state index in [-0.39, 0.29) is 28.7 Å². The van der Waals surface area contributed by atoms with E-state index in [4.69, 9.17) is 29.0 Å². The highest BCUT2D eigenvalue weighted by molar-refractivity contribution is 7.52. The monoisotopic (exact) mass is 582 g/mol. The van der Waals surface area contributed by atoms with Crippen LogP contribution in [0.2, 0.25) is 0 Å². The molecule has 2 unspecified atom stereocenters. The molecule has 1 aromatic carbocycles. The number of carbonyl (C=O) groups excluding carboxylic acids is 1. The summed E-state index contributed by atoms with van der Waals surface area (Å²) < 4.78 is 58.3. The Bertz CT molecular complexity index is 1390. The van der Waals surface area contributed by atoms with Crippen molar-refractivity contribution < 1.29 is 42.1 Å². The minimum Gasteiger partial charge on any atom is -0.479 e. The molecule has 3 heterocycles. The first-order valence-corrected chi connectivity index (χ1v) is 13.9. The molecule has 40 heavy (non-hydrogen) atoms. The zero-order valence-electron chi connectivity index (χ0n) is 22.6. The Labute approximate surface area is 229 Å². The highest BCUT2D eigenvalue weighted by Crippen LogP contribution is 2.48. The summed E-state index contributed by atoms with van der Waals surface area (Å²) in [6, 6.07) is 7.02. The van der Waals surface area contributed by atoms with Gasteiger partial charge in [-0.05, 0) is 39.8 Å². The number of fused-ring (bicyclic) bond motifs is 1. The van der Waals surface area contributed by atoms with Crippen LogP contribution in [0.5, 0.6) is 11.6 Å². The molecule has 3 aromatic rings. The molecule has 1 saturated heterocycles. The summed E-state index contributed by atoms with van der Waals surface area (Å²) in [5.41, 5.74) is 3.71. The van der Waals surface area contributed by atoms with E-state index in [9.17, 15) is 14.5 Å². The zero-order chi connectivity index (χ0) is 29.2. The number of aromatic nitrogens is 4. The van der Waals surface area contributed by atoms with Crippen LogP contribution in [-0.4, -0.2) is 74.3 Å². The van der Waals surface area contributed by atoms with Crippen LogP contribution >= 0.6 is 7.75 Å². The fourth-order valence-corrected chi connectivity index (χ4v) is 5.58. The third kappa shape index (κ3) is 6.18. The second kappa shape index (κ2) is 11.6. The number of ether oxygens (including phenoxy) is 3. The normalized spacial score (nSPS) is 25.1. The van der Waals surface area contributed by atoms with Crippen molar-refractivity contribution in [1.29, 1.82) is 0 Å². The van der Waals surface area contributed by atoms with Gasteiger partial charge in [0.25, 0.3) is 0 Å². The molecule has 4 N–H and O–H groups in total. The molecular weight excluding hydrogens is 550 g/mol. The second-order valence-electron chi connectivity index (χ2n) is 9.57. The molecule has 1 aliphatic rings. The van der Waals surface area contributed by atoms with Gasteiger partial charge >= 0.3 is 13.7 Å². The maximum Gasteiger partial charge on any atom is 0.459 e. The first-order chi connectivity index (χ1) is 18.8. The molecule has 0 amide bonds. The molecule has 14 nitrogen and oxygen atoms in total. The number of para-hydroxylation sites is 1. The van der Waals surface area contributed by atoms with Gasteiger partial charge in [-0.15, -0.1) is 0 Å². The van der Waals surface area contributed by atoms with Crippen molar-refractivity contribution in [2.45, 2.75) is 63.9 Å². The molecule has 1 fully saturated rings. The minimum absolute atomic E-state index is 0.0791. The summed E-state index contributed by atoms with van der Waals surface area (Å²) in [5, 5.41) is 13.4. The number of benzene rings is 1. The van der Waals surface area contributed by atoms with Crippen molar-refractivity contribution in [3.8, 4) is 11.6 Å². The van der Waals surface area contributed by atoms with E-state index in [2.05, 4.69) is 20.0 Å². The summed E-state index contributed by atoms with van der Waals surface area (Å²) in [6.07, 6.45) is -3.63. The number of rotatable bonds is 11. The predicted molar refractivity (Wildman–Crippen MR) is 140 cm³/mol. The highest BCUT2D eigenvalue weighted by Gasteiger charge is 2.56. The van der Waals surface area contributed by atoms with Crippen LogP contribution in [0.25, 0.3) is 11.2 Å². The highest BCUT2D eigenvalue weighted by atomic mass is 31.2. The number of nitrogens with two attached hydrogens (primary N) is 1. The van der Waals surface area contributed by atoms with E-state index in [0.29, 0.717) is 0 Å². The van der Waals surface area contributed by atoms with Crippen molar-refractivity contribution >= 4 is 30.8 Å². The number of aliphatic hydroxyl groups is 1. The summed E-state index contributed by atoms with van der Waals surface area (Å²) in [7, 11) is -2.92. The molecule has 0 aliphatic carbocycles. The number of halogens is 1. The average Bonchev–Trinajstić information content (AvgIpc) is 3.40. The fraction of sp³-hybridized carbons (Fsp3) is 0.500. The van der Waals surface area contributed by atoms with Crippen molar-refractivity contribution in [3.05, 3.63) is 36.7 Å². The standard InChI is InChI=1S/C24H32FN6O8P/c1-13(2)37-21(33)14(3)30-40(34,39-15-9-7-6-8-10-15)36-11-16-18(32)24(4,25)22(38-16)31-12-27-17-19(31)28-23(26)29-20(17)35-5/h6-10,12-14,16,18,22,32H,11H2,1-5H3,(H,30,34)(H2,26,28,29)/t14-,16+,18+,22?,24+,40?/m0/s1. The molecule has 6 atom stereocenters. The van der Waals surface area contributed by atoms with Gasteiger partial charge in [-0.3, -0.25) is 13.9 Å². The molecule has 0 saturated carbocycles. The molecule has 0 bridgehead atoms. The van der Waals surface area contributed by atoms with Crippen LogP contribution in [0.15, 0.2) is 36.7 Å². The predicted octanol–water partition coefficient (Wildman–Crippen LogP) is 2.54. The molecular formula is C24H32FN6O8P. The summed E-state index contributed by atoms with van der Waals surface area (Å²) in [6.45, 7) is 5.33. The Kier molecular flexibility index (Phi) is 8.61. The van der Waals surface area contributed by atoms with Crippen LogP contribution in [0.3, 0.4) is 0 Å². The summed E-state index contributed by atoms with van der Waals surface area (Å²) in [5.74, 6) is -0.566. The van der Waals surface area contributed by atoms with Crippen molar-refractivity contribution in [1.82, 2.24) is 24.6 Å². The third-order valence-corrected chi connectivity index (χ3v) is 7.65. The maximum atomic E-state index is 15.9. The number of nitrogen functional groups attached to an aromatic ring is 1. The van der Waals surface area contributed by atoms with E-state index in [1.807, 2.05) is 0 Å². The number of carbonyl (C=O) groups is 1. The number of aliphatic hydroxyl groups excluding tert-OH is 1. The Morgan fingerprint density at radius 2 is 2.00 bits per heavy atom. The largest absolute Gasteiger partial charge is 0.479 e. The lowest BCUT2D eigenvalue weighted by Gasteiger charge is -2.25. The number of esters is 1. The van der Waals surface area contributed by atoms with Gasteiger partial charge in [-0.25, -0.2) is 13.9 Å². The van der Waals surface area contributed by atoms with E-state index < -0.39 is 56.6 Å². The van der Waals surface area contributed by atoms with Gasteiger partial charge in [0.05, 0.1) is 26.1 Å². The SMILES string of the molecule is COc1nc(N)nc2c1ncn2C1O[C@H](COP(=O)(N[C@@H](C)C(=O)OC(C)C)Oc2ccccc2)[C@@H](O)[C@@]1(C)F. The summed E-state index contributed by atoms with van der Waals surface area (Å²) in [4.78, 5) is 24.6. The van der Waals surface area contributed by atoms with Gasteiger partial charge in [0.2, 0.25) is 11.8 Å². The number of anilines is 1. The van der Waals surface area contributed by atoms with Gasteiger partial charge in [0.1, 0.15) is 24.0 Å². The molecule has 218 valence electrons. The van der Waals surface area contributed by atoms with E-state index in [0.717, 1.165) is 6.92 Å². The summed E-state index contributed by atoms with van der Waals surface area (Å²) >= 11 is 0. The number of hydrogen-bond donors (Lipinski definition) is 3. The zero-order valence-corrected chi connectivity index (χ0v) is 23.4. The van der Waals surface area contributed by atoms with Gasteiger partial charge in [0, 0.05) is 0 Å². The van der Waals surface area contributed by atoms with Gasteiger partial charge in [-0.1, -0.05) is 18.2 Å². The first-order valence-electron chi connectivity index (χ1n) is 12.4. The fourth-order valence-electron chi connectivity index (χ4n) is 4.08. The van der Waals surface area contributed by atoms with Crippen LogP contribution in [-0.2, 0) is 23.4 Å². The number of alkyl halides is 1. The number of methoxy groups -OCH3 is 1. The Balaban J connectivity index is 1.56. The molecule has 1 aliphatic heterocycles. The number of imidazole rings is 1.